The van der Waals surface area contributed by atoms with Gasteiger partial charge in [0.2, 0.25) is 10.0 Å². The van der Waals surface area contributed by atoms with Gasteiger partial charge < -0.3 is 5.32 Å². The lowest BCUT2D eigenvalue weighted by atomic mass is 10.1. The molecule has 4 nitrogen and oxygen atoms in total. The van der Waals surface area contributed by atoms with Crippen molar-refractivity contribution in [2.24, 2.45) is 5.92 Å². The maximum Gasteiger partial charge on any atom is 0.213 e. The standard InChI is InChI=1S/C11H24N2O2S/c1-9(2)12-7-8-16(14,15)13-11-6-4-5-10(11)3/h9-13H,4-8H2,1-3H3. The van der Waals surface area contributed by atoms with Crippen LogP contribution < -0.4 is 10.0 Å². The fourth-order valence-corrected chi connectivity index (χ4v) is 3.41. The van der Waals surface area contributed by atoms with Gasteiger partial charge in [0.15, 0.2) is 0 Å². The molecule has 0 bridgehead atoms. The molecule has 1 aliphatic rings. The Bertz CT molecular complexity index is 301. The van der Waals surface area contributed by atoms with E-state index in [1.54, 1.807) is 0 Å². The van der Waals surface area contributed by atoms with E-state index in [2.05, 4.69) is 17.0 Å². The van der Waals surface area contributed by atoms with E-state index in [1.807, 2.05) is 13.8 Å². The molecule has 0 aromatic heterocycles. The van der Waals surface area contributed by atoms with Crippen LogP contribution in [0.4, 0.5) is 0 Å². The maximum absolute atomic E-state index is 11.8. The molecule has 0 aliphatic heterocycles. The fourth-order valence-electron chi connectivity index (χ4n) is 2.09. The van der Waals surface area contributed by atoms with Gasteiger partial charge in [-0.1, -0.05) is 27.2 Å². The largest absolute Gasteiger partial charge is 0.313 e. The molecular formula is C11H24N2O2S. The first-order chi connectivity index (χ1) is 7.41. The molecule has 0 spiro atoms. The fraction of sp³-hybridized carbons (Fsp3) is 1.00. The highest BCUT2D eigenvalue weighted by Crippen LogP contribution is 2.25. The number of sulfonamides is 1. The van der Waals surface area contributed by atoms with Crippen molar-refractivity contribution in [1.82, 2.24) is 10.0 Å². The first kappa shape index (κ1) is 13.9. The molecule has 0 radical (unpaired) electrons. The maximum atomic E-state index is 11.8. The summed E-state index contributed by atoms with van der Waals surface area (Å²) in [6, 6.07) is 0.490. The third kappa shape index (κ3) is 4.80. The van der Waals surface area contributed by atoms with Crippen molar-refractivity contribution >= 4 is 10.0 Å². The van der Waals surface area contributed by atoms with Crippen LogP contribution in [0.3, 0.4) is 0 Å². The zero-order valence-electron chi connectivity index (χ0n) is 10.5. The molecule has 16 heavy (non-hydrogen) atoms. The smallest absolute Gasteiger partial charge is 0.213 e. The minimum atomic E-state index is -3.11. The van der Waals surface area contributed by atoms with Gasteiger partial charge in [0.25, 0.3) is 0 Å². The van der Waals surface area contributed by atoms with E-state index < -0.39 is 10.0 Å². The number of rotatable bonds is 6. The minimum absolute atomic E-state index is 0.157. The zero-order valence-corrected chi connectivity index (χ0v) is 11.3. The molecule has 0 aromatic rings. The summed E-state index contributed by atoms with van der Waals surface area (Å²) >= 11 is 0. The van der Waals surface area contributed by atoms with Crippen molar-refractivity contribution in [3.8, 4) is 0 Å². The third-order valence-corrected chi connectivity index (χ3v) is 4.52. The molecule has 0 heterocycles. The van der Waals surface area contributed by atoms with Gasteiger partial charge in [-0.2, -0.15) is 0 Å². The molecule has 96 valence electrons. The van der Waals surface area contributed by atoms with Crippen molar-refractivity contribution in [2.75, 3.05) is 12.3 Å². The van der Waals surface area contributed by atoms with E-state index >= 15 is 0 Å². The Morgan fingerprint density at radius 1 is 1.31 bits per heavy atom. The van der Waals surface area contributed by atoms with Crippen LogP contribution in [0.1, 0.15) is 40.0 Å². The van der Waals surface area contributed by atoms with E-state index in [0.29, 0.717) is 18.5 Å². The first-order valence-electron chi connectivity index (χ1n) is 6.14. The van der Waals surface area contributed by atoms with Gasteiger partial charge >= 0.3 is 0 Å². The Morgan fingerprint density at radius 2 is 2.00 bits per heavy atom. The number of hydrogen-bond donors (Lipinski definition) is 2. The van der Waals surface area contributed by atoms with Gasteiger partial charge in [0.1, 0.15) is 0 Å². The van der Waals surface area contributed by atoms with Gasteiger partial charge in [-0.05, 0) is 18.8 Å². The summed E-state index contributed by atoms with van der Waals surface area (Å²) in [6.07, 6.45) is 3.26. The van der Waals surface area contributed by atoms with Crippen molar-refractivity contribution in [1.29, 1.82) is 0 Å². The summed E-state index contributed by atoms with van der Waals surface area (Å²) in [5, 5.41) is 3.12. The van der Waals surface area contributed by atoms with Crippen LogP contribution in [0, 0.1) is 5.92 Å². The third-order valence-electron chi connectivity index (χ3n) is 3.12. The van der Waals surface area contributed by atoms with Crippen molar-refractivity contribution in [2.45, 2.75) is 52.1 Å². The average Bonchev–Trinajstić information content (AvgIpc) is 2.50. The normalized spacial score (nSPS) is 26.5. The molecule has 2 atom stereocenters. The molecule has 2 unspecified atom stereocenters. The molecule has 1 aliphatic carbocycles. The average molecular weight is 248 g/mol. The van der Waals surface area contributed by atoms with Crippen LogP contribution in [-0.4, -0.2) is 32.8 Å². The lowest BCUT2D eigenvalue weighted by Crippen LogP contribution is -2.40. The second kappa shape index (κ2) is 5.98. The van der Waals surface area contributed by atoms with Crippen LogP contribution in [-0.2, 0) is 10.0 Å². The Labute approximate surface area is 99.2 Å². The molecular weight excluding hydrogens is 224 g/mol. The summed E-state index contributed by atoms with van der Waals surface area (Å²) in [5.74, 6) is 0.654. The summed E-state index contributed by atoms with van der Waals surface area (Å²) in [5.41, 5.74) is 0. The second-order valence-corrected chi connectivity index (χ2v) is 6.93. The minimum Gasteiger partial charge on any atom is -0.313 e. The quantitative estimate of drug-likeness (QED) is 0.740. The molecule has 1 rings (SSSR count). The number of hydrogen-bond acceptors (Lipinski definition) is 3. The predicted octanol–water partition coefficient (Wildman–Crippen LogP) is 1.09. The Morgan fingerprint density at radius 3 is 2.50 bits per heavy atom. The molecule has 5 heteroatoms. The molecule has 1 fully saturated rings. The van der Waals surface area contributed by atoms with Gasteiger partial charge in [-0.25, -0.2) is 13.1 Å². The molecule has 2 N–H and O–H groups in total. The van der Waals surface area contributed by atoms with E-state index in [0.717, 1.165) is 19.3 Å². The van der Waals surface area contributed by atoms with E-state index in [1.165, 1.54) is 0 Å². The molecule has 0 aromatic carbocycles. The first-order valence-corrected chi connectivity index (χ1v) is 7.79. The highest BCUT2D eigenvalue weighted by atomic mass is 32.2. The van der Waals surface area contributed by atoms with Crippen LogP contribution in [0.15, 0.2) is 0 Å². The molecule has 0 saturated heterocycles. The van der Waals surface area contributed by atoms with Crippen LogP contribution in [0.2, 0.25) is 0 Å². The predicted molar refractivity (Wildman–Crippen MR) is 66.9 cm³/mol. The Hall–Kier alpha value is -0.130. The monoisotopic (exact) mass is 248 g/mol. The summed E-state index contributed by atoms with van der Waals surface area (Å²) in [6.45, 7) is 6.67. The summed E-state index contributed by atoms with van der Waals surface area (Å²) in [7, 11) is -3.11. The van der Waals surface area contributed by atoms with Gasteiger partial charge in [0, 0.05) is 18.6 Å². The van der Waals surface area contributed by atoms with E-state index in [-0.39, 0.29) is 11.8 Å². The van der Waals surface area contributed by atoms with Crippen molar-refractivity contribution < 1.29 is 8.42 Å². The van der Waals surface area contributed by atoms with Crippen LogP contribution in [0.25, 0.3) is 0 Å². The number of nitrogens with one attached hydrogen (secondary N) is 2. The Kier molecular flexibility index (Phi) is 5.21. The summed E-state index contributed by atoms with van der Waals surface area (Å²) < 4.78 is 26.3. The van der Waals surface area contributed by atoms with E-state index in [4.69, 9.17) is 0 Å². The Balaban J connectivity index is 2.33. The molecule has 1 saturated carbocycles. The topological polar surface area (TPSA) is 58.2 Å². The van der Waals surface area contributed by atoms with Gasteiger partial charge in [0.05, 0.1) is 5.75 Å². The lowest BCUT2D eigenvalue weighted by molar-refractivity contribution is 0.475. The van der Waals surface area contributed by atoms with Crippen molar-refractivity contribution in [3.63, 3.8) is 0 Å². The SMILES string of the molecule is CC(C)NCCS(=O)(=O)NC1CCCC1C. The van der Waals surface area contributed by atoms with Gasteiger partial charge in [-0.3, -0.25) is 0 Å². The van der Waals surface area contributed by atoms with Crippen LogP contribution >= 0.6 is 0 Å². The molecule has 0 amide bonds. The lowest BCUT2D eigenvalue weighted by Gasteiger charge is -2.17. The zero-order chi connectivity index (χ0) is 12.2. The summed E-state index contributed by atoms with van der Waals surface area (Å²) in [4.78, 5) is 0. The van der Waals surface area contributed by atoms with Crippen molar-refractivity contribution in [3.05, 3.63) is 0 Å². The van der Waals surface area contributed by atoms with Crippen LogP contribution in [0.5, 0.6) is 0 Å². The highest BCUT2D eigenvalue weighted by molar-refractivity contribution is 7.89. The van der Waals surface area contributed by atoms with E-state index in [9.17, 15) is 8.42 Å². The highest BCUT2D eigenvalue weighted by Gasteiger charge is 2.27. The van der Waals surface area contributed by atoms with Gasteiger partial charge in [-0.15, -0.1) is 0 Å². The second-order valence-electron chi connectivity index (χ2n) is 5.06.